The van der Waals surface area contributed by atoms with Crippen molar-refractivity contribution in [2.75, 3.05) is 37.7 Å². The van der Waals surface area contributed by atoms with Crippen molar-refractivity contribution in [1.29, 1.82) is 0 Å². The van der Waals surface area contributed by atoms with Crippen LogP contribution in [0.3, 0.4) is 0 Å². The Balaban J connectivity index is 2.13. The van der Waals surface area contributed by atoms with Gasteiger partial charge in [-0.25, -0.2) is 4.79 Å². The van der Waals surface area contributed by atoms with Gasteiger partial charge in [0.15, 0.2) is 5.40 Å². The van der Waals surface area contributed by atoms with Crippen molar-refractivity contribution in [2.45, 2.75) is 57.4 Å². The van der Waals surface area contributed by atoms with Crippen molar-refractivity contribution in [3.05, 3.63) is 35.5 Å². The molecule has 1 aromatic heterocycles. The molecule has 1 amide bonds. The van der Waals surface area contributed by atoms with Crippen LogP contribution >= 0.6 is 26.8 Å². The summed E-state index contributed by atoms with van der Waals surface area (Å²) in [5.41, 5.74) is 1.13. The fraction of sp³-hybridized carbons (Fsp3) is 0.560. The lowest BCUT2D eigenvalue weighted by Gasteiger charge is -2.30. The fourth-order valence-electron chi connectivity index (χ4n) is 4.38. The van der Waals surface area contributed by atoms with E-state index < -0.39 is 38.9 Å². The van der Waals surface area contributed by atoms with Gasteiger partial charge in [-0.1, -0.05) is 18.5 Å². The van der Waals surface area contributed by atoms with E-state index in [0.29, 0.717) is 34.6 Å². The van der Waals surface area contributed by atoms with E-state index in [0.717, 1.165) is 19.5 Å². The second-order valence-electron chi connectivity index (χ2n) is 9.63. The predicted molar refractivity (Wildman–Crippen MR) is 155 cm³/mol. The first-order valence-electron chi connectivity index (χ1n) is 13.1. The highest BCUT2D eigenvalue weighted by atomic mass is 35.5. The number of carbonyl (C=O) groups excluding carboxylic acids is 2. The number of ketones is 1. The van der Waals surface area contributed by atoms with Crippen molar-refractivity contribution in [3.63, 3.8) is 0 Å². The lowest BCUT2D eigenvalue weighted by Crippen LogP contribution is -2.40. The van der Waals surface area contributed by atoms with E-state index >= 15 is 0 Å². The minimum atomic E-state index is -5.21. The molecule has 0 aliphatic heterocycles. The van der Waals surface area contributed by atoms with Crippen LogP contribution in [-0.2, 0) is 18.7 Å². The lowest BCUT2D eigenvalue weighted by molar-refractivity contribution is -0.119. The van der Waals surface area contributed by atoms with Gasteiger partial charge in [0.1, 0.15) is 5.78 Å². The average Bonchev–Trinajstić information content (AvgIpc) is 2.88. The molecule has 230 valence electrons. The fourth-order valence-corrected chi connectivity index (χ4v) is 7.00. The topological polar surface area (TPSA) is 198 Å². The summed E-state index contributed by atoms with van der Waals surface area (Å²) in [6, 6.07) is 6.49. The van der Waals surface area contributed by atoms with Crippen LogP contribution in [0.25, 0.3) is 10.9 Å². The summed E-state index contributed by atoms with van der Waals surface area (Å²) < 4.78 is 28.3. The van der Waals surface area contributed by atoms with E-state index in [4.69, 9.17) is 16.3 Å². The number of aliphatic hydroxyl groups is 1. The first kappa shape index (κ1) is 35.3. The van der Waals surface area contributed by atoms with Crippen LogP contribution in [0.5, 0.6) is 0 Å². The Bertz CT molecular complexity index is 1250. The summed E-state index contributed by atoms with van der Waals surface area (Å²) in [4.78, 5) is 70.4. The van der Waals surface area contributed by atoms with Crippen molar-refractivity contribution in [2.24, 2.45) is 0 Å². The van der Waals surface area contributed by atoms with Gasteiger partial charge in [0.05, 0.1) is 24.4 Å². The first-order chi connectivity index (χ1) is 19.2. The van der Waals surface area contributed by atoms with Gasteiger partial charge in [-0.15, -0.1) is 0 Å². The number of benzene rings is 1. The van der Waals surface area contributed by atoms with Gasteiger partial charge in [-0.05, 0) is 63.5 Å². The third kappa shape index (κ3) is 11.0. The standard InChI is InChI=1S/C25H38ClN3O10P2/c1-3-28(13-14-30)12-4-6-18(2)29(23-10-11-27-22-16-19(26)8-9-21(22)23)25(32)39-15-5-7-20(31)17-24(40(33,34)35)41(36,37)38/h8-11,16,18,24,30H,3-7,12-15,17H2,1-2H3,(H2,33,34,35)(H2,36,37,38). The molecule has 41 heavy (non-hydrogen) atoms. The molecule has 2 rings (SSSR count). The zero-order valence-electron chi connectivity index (χ0n) is 23.0. The smallest absolute Gasteiger partial charge is 0.414 e. The number of rotatable bonds is 17. The molecule has 2 aromatic rings. The van der Waals surface area contributed by atoms with Gasteiger partial charge < -0.3 is 34.3 Å². The summed E-state index contributed by atoms with van der Waals surface area (Å²) in [6.45, 7) is 5.77. The molecule has 13 nitrogen and oxygen atoms in total. The van der Waals surface area contributed by atoms with Gasteiger partial charge in [0.25, 0.3) is 0 Å². The Morgan fingerprint density at radius 1 is 1.07 bits per heavy atom. The minimum Gasteiger partial charge on any atom is -0.449 e. The molecule has 1 unspecified atom stereocenters. The molecule has 0 saturated heterocycles. The Hall–Kier alpha value is -1.92. The number of anilines is 1. The maximum Gasteiger partial charge on any atom is 0.414 e. The summed E-state index contributed by atoms with van der Waals surface area (Å²) in [7, 11) is -10.4. The molecule has 1 heterocycles. The van der Waals surface area contributed by atoms with Gasteiger partial charge in [0, 0.05) is 42.0 Å². The maximum absolute atomic E-state index is 13.4. The molecule has 1 aromatic carbocycles. The molecule has 0 aliphatic rings. The maximum atomic E-state index is 13.4. The molecule has 0 radical (unpaired) electrons. The number of Topliss-reactive ketones (excluding diaryl/α,β-unsaturated/α-hetero) is 1. The van der Waals surface area contributed by atoms with Crippen LogP contribution in [0.1, 0.15) is 46.0 Å². The number of aromatic nitrogens is 1. The van der Waals surface area contributed by atoms with E-state index in [-0.39, 0.29) is 32.1 Å². The number of halogens is 1. The number of hydrogen-bond acceptors (Lipinski definition) is 8. The number of carbonyl (C=O) groups is 2. The third-order valence-electron chi connectivity index (χ3n) is 6.55. The van der Waals surface area contributed by atoms with E-state index in [1.807, 2.05) is 13.8 Å². The van der Waals surface area contributed by atoms with Crippen LogP contribution in [0.15, 0.2) is 30.5 Å². The van der Waals surface area contributed by atoms with Crippen molar-refractivity contribution >= 4 is 55.3 Å². The van der Waals surface area contributed by atoms with Gasteiger partial charge in [0.2, 0.25) is 0 Å². The first-order valence-corrected chi connectivity index (χ1v) is 16.9. The molecule has 0 saturated carbocycles. The Morgan fingerprint density at radius 3 is 2.37 bits per heavy atom. The number of pyridine rings is 1. The van der Waals surface area contributed by atoms with Crippen LogP contribution < -0.4 is 4.90 Å². The summed E-state index contributed by atoms with van der Waals surface area (Å²) in [5, 5.41) is 7.99. The Kier molecular flexibility index (Phi) is 13.8. The third-order valence-corrected chi connectivity index (χ3v) is 10.5. The molecule has 0 fully saturated rings. The van der Waals surface area contributed by atoms with Crippen molar-refractivity contribution in [3.8, 4) is 0 Å². The highest BCUT2D eigenvalue weighted by molar-refractivity contribution is 7.70. The number of nitrogens with zero attached hydrogens (tertiary/aromatic N) is 3. The zero-order valence-corrected chi connectivity index (χ0v) is 25.5. The van der Waals surface area contributed by atoms with Crippen molar-refractivity contribution < 1.29 is 48.1 Å². The molecule has 5 N–H and O–H groups in total. The van der Waals surface area contributed by atoms with E-state index in [1.165, 1.54) is 4.90 Å². The minimum absolute atomic E-state index is 0.0127. The lowest BCUT2D eigenvalue weighted by atomic mass is 10.1. The van der Waals surface area contributed by atoms with Gasteiger partial charge in [-0.3, -0.25) is 23.8 Å². The van der Waals surface area contributed by atoms with E-state index in [1.54, 1.807) is 30.5 Å². The molecule has 0 aliphatic carbocycles. The number of likely N-dealkylation sites (N-methyl/N-ethyl adjacent to an activating group) is 1. The average molecular weight is 638 g/mol. The van der Waals surface area contributed by atoms with Gasteiger partial charge >= 0.3 is 21.3 Å². The number of aliphatic hydroxyl groups excluding tert-OH is 1. The van der Waals surface area contributed by atoms with Gasteiger partial charge in [-0.2, -0.15) is 0 Å². The second kappa shape index (κ2) is 16.1. The van der Waals surface area contributed by atoms with E-state index in [2.05, 4.69) is 9.88 Å². The largest absolute Gasteiger partial charge is 0.449 e. The SMILES string of the molecule is CCN(CCO)CCCC(C)N(C(=O)OCCCC(=O)CC(P(=O)(O)O)P(=O)(O)O)c1ccnc2cc(Cl)ccc12. The molecule has 1 atom stereocenters. The highest BCUT2D eigenvalue weighted by Crippen LogP contribution is 2.61. The number of fused-ring (bicyclic) bond motifs is 1. The van der Waals surface area contributed by atoms with Crippen LogP contribution in [0.4, 0.5) is 10.5 Å². The zero-order chi connectivity index (χ0) is 30.8. The van der Waals surface area contributed by atoms with Crippen LogP contribution in [-0.4, -0.2) is 90.7 Å². The monoisotopic (exact) mass is 637 g/mol. The Morgan fingerprint density at radius 2 is 1.76 bits per heavy atom. The molecule has 0 bridgehead atoms. The Labute approximate surface area is 243 Å². The van der Waals surface area contributed by atoms with Crippen LogP contribution in [0, 0.1) is 0 Å². The van der Waals surface area contributed by atoms with Crippen molar-refractivity contribution in [1.82, 2.24) is 9.88 Å². The number of amides is 1. The number of ether oxygens (including phenoxy) is 1. The molecule has 0 spiro atoms. The van der Waals surface area contributed by atoms with E-state index in [9.17, 15) is 43.4 Å². The predicted octanol–water partition coefficient (Wildman–Crippen LogP) is 3.74. The summed E-state index contributed by atoms with van der Waals surface area (Å²) in [5.74, 6) is -0.775. The van der Waals surface area contributed by atoms with Crippen LogP contribution in [0.2, 0.25) is 5.02 Å². The molecular formula is C25H38ClN3O10P2. The highest BCUT2D eigenvalue weighted by Gasteiger charge is 2.44. The summed E-state index contributed by atoms with van der Waals surface area (Å²) in [6.07, 6.45) is 0.912. The number of hydrogen-bond donors (Lipinski definition) is 5. The second-order valence-corrected chi connectivity index (χ2v) is 14.1. The molecule has 16 heteroatoms. The quantitative estimate of drug-likeness (QED) is 0.125. The molecular weight excluding hydrogens is 600 g/mol. The normalized spacial score (nSPS) is 13.1. The summed E-state index contributed by atoms with van der Waals surface area (Å²) >= 11 is 6.12.